The predicted octanol–water partition coefficient (Wildman–Crippen LogP) is 1.97. The van der Waals surface area contributed by atoms with E-state index < -0.39 is 20.5 Å². The van der Waals surface area contributed by atoms with Crippen LogP contribution < -0.4 is 10.6 Å². The summed E-state index contributed by atoms with van der Waals surface area (Å²) in [4.78, 5) is 16.4. The Labute approximate surface area is 130 Å². The normalized spacial score (nSPS) is 14.0. The largest absolute Gasteiger partial charge is 0.309 e. The van der Waals surface area contributed by atoms with Crippen molar-refractivity contribution in [3.8, 4) is 0 Å². The van der Waals surface area contributed by atoms with Gasteiger partial charge in [-0.15, -0.1) is 11.3 Å². The molecule has 1 aromatic rings. The van der Waals surface area contributed by atoms with Gasteiger partial charge in [0.15, 0.2) is 15.0 Å². The SMILES string of the molecule is CCCNC(C)c1csc(NC(=O)C(C)(C)S(C)(=O)=O)n1. The van der Waals surface area contributed by atoms with E-state index in [0.29, 0.717) is 5.13 Å². The van der Waals surface area contributed by atoms with Crippen LogP contribution in [0.25, 0.3) is 0 Å². The number of amides is 1. The molecule has 0 aromatic carbocycles. The van der Waals surface area contributed by atoms with E-state index in [4.69, 9.17) is 0 Å². The number of sulfone groups is 1. The Morgan fingerprint density at radius 3 is 2.62 bits per heavy atom. The van der Waals surface area contributed by atoms with Crippen molar-refractivity contribution in [3.63, 3.8) is 0 Å². The molecule has 1 rings (SSSR count). The zero-order valence-electron chi connectivity index (χ0n) is 13.1. The topological polar surface area (TPSA) is 88.2 Å². The van der Waals surface area contributed by atoms with Gasteiger partial charge in [-0.1, -0.05) is 6.92 Å². The molecule has 0 saturated carbocycles. The summed E-state index contributed by atoms with van der Waals surface area (Å²) in [5.74, 6) is -0.569. The molecule has 1 heterocycles. The first-order chi connectivity index (χ1) is 9.59. The number of carbonyl (C=O) groups excluding carboxylic acids is 1. The van der Waals surface area contributed by atoms with E-state index in [0.717, 1.165) is 24.9 Å². The lowest BCUT2D eigenvalue weighted by Crippen LogP contribution is -2.43. The van der Waals surface area contributed by atoms with Crippen molar-refractivity contribution in [1.29, 1.82) is 0 Å². The van der Waals surface area contributed by atoms with Gasteiger partial charge in [0.05, 0.1) is 5.69 Å². The summed E-state index contributed by atoms with van der Waals surface area (Å²) in [5, 5.41) is 8.16. The zero-order valence-corrected chi connectivity index (χ0v) is 14.7. The summed E-state index contributed by atoms with van der Waals surface area (Å²) < 4.78 is 21.8. The first-order valence-corrected chi connectivity index (χ1v) is 9.56. The van der Waals surface area contributed by atoms with Crippen molar-refractivity contribution >= 4 is 32.2 Å². The fourth-order valence-electron chi connectivity index (χ4n) is 1.42. The minimum atomic E-state index is -3.49. The maximum Gasteiger partial charge on any atom is 0.247 e. The standard InChI is InChI=1S/C13H23N3O3S2/c1-6-7-14-9(2)10-8-20-12(15-10)16-11(17)13(3,4)21(5,18)19/h8-9,14H,6-7H2,1-5H3,(H,15,16,17). The highest BCUT2D eigenvalue weighted by Gasteiger charge is 2.38. The van der Waals surface area contributed by atoms with Gasteiger partial charge in [0.1, 0.15) is 4.75 Å². The van der Waals surface area contributed by atoms with E-state index in [1.165, 1.54) is 25.2 Å². The number of nitrogens with one attached hydrogen (secondary N) is 2. The van der Waals surface area contributed by atoms with Crippen molar-refractivity contribution in [2.75, 3.05) is 18.1 Å². The second-order valence-electron chi connectivity index (χ2n) is 5.49. The summed E-state index contributed by atoms with van der Waals surface area (Å²) in [6.07, 6.45) is 2.08. The highest BCUT2D eigenvalue weighted by Crippen LogP contribution is 2.23. The van der Waals surface area contributed by atoms with Crippen LogP contribution in [-0.4, -0.2) is 36.9 Å². The molecule has 1 atom stereocenters. The number of thiazole rings is 1. The number of rotatable bonds is 7. The molecule has 0 aliphatic heterocycles. The lowest BCUT2D eigenvalue weighted by molar-refractivity contribution is -0.117. The van der Waals surface area contributed by atoms with Gasteiger partial charge in [0, 0.05) is 17.7 Å². The van der Waals surface area contributed by atoms with Crippen molar-refractivity contribution in [2.45, 2.75) is 44.9 Å². The fourth-order valence-corrected chi connectivity index (χ4v) is 2.61. The van der Waals surface area contributed by atoms with Crippen LogP contribution in [0.4, 0.5) is 5.13 Å². The Bertz CT molecular complexity index is 594. The van der Waals surface area contributed by atoms with Crippen LogP contribution in [0.5, 0.6) is 0 Å². The summed E-state index contributed by atoms with van der Waals surface area (Å²) in [5.41, 5.74) is 0.834. The quantitative estimate of drug-likeness (QED) is 0.796. The molecule has 0 aliphatic carbocycles. The second kappa shape index (κ2) is 6.85. The molecule has 0 fully saturated rings. The molecular weight excluding hydrogens is 310 g/mol. The lowest BCUT2D eigenvalue weighted by atomic mass is 10.2. The van der Waals surface area contributed by atoms with E-state index in [9.17, 15) is 13.2 Å². The molecule has 0 aliphatic rings. The van der Waals surface area contributed by atoms with E-state index in [1.54, 1.807) is 0 Å². The predicted molar refractivity (Wildman–Crippen MR) is 86.4 cm³/mol. The van der Waals surface area contributed by atoms with Crippen LogP contribution in [0.1, 0.15) is 45.9 Å². The van der Waals surface area contributed by atoms with Gasteiger partial charge < -0.3 is 10.6 Å². The van der Waals surface area contributed by atoms with E-state index in [2.05, 4.69) is 22.5 Å². The summed E-state index contributed by atoms with van der Waals surface area (Å²) >= 11 is 1.29. The molecule has 0 spiro atoms. The summed E-state index contributed by atoms with van der Waals surface area (Å²) in [6, 6.07) is 0.0924. The first-order valence-electron chi connectivity index (χ1n) is 6.79. The lowest BCUT2D eigenvalue weighted by Gasteiger charge is -2.20. The number of aromatic nitrogens is 1. The van der Waals surface area contributed by atoms with E-state index >= 15 is 0 Å². The van der Waals surface area contributed by atoms with Crippen molar-refractivity contribution in [2.24, 2.45) is 0 Å². The molecule has 1 unspecified atom stereocenters. The van der Waals surface area contributed by atoms with Crippen molar-refractivity contribution in [3.05, 3.63) is 11.1 Å². The molecular formula is C13H23N3O3S2. The Balaban J connectivity index is 2.77. The molecule has 0 bridgehead atoms. The minimum absolute atomic E-state index is 0.0924. The van der Waals surface area contributed by atoms with Gasteiger partial charge >= 0.3 is 0 Å². The van der Waals surface area contributed by atoms with Crippen LogP contribution >= 0.6 is 11.3 Å². The Morgan fingerprint density at radius 2 is 2.10 bits per heavy atom. The van der Waals surface area contributed by atoms with Gasteiger partial charge in [-0.25, -0.2) is 13.4 Å². The zero-order chi connectivity index (χ0) is 16.3. The van der Waals surface area contributed by atoms with Crippen molar-refractivity contribution < 1.29 is 13.2 Å². The number of anilines is 1. The van der Waals surface area contributed by atoms with Gasteiger partial charge in [-0.2, -0.15) is 0 Å². The Kier molecular flexibility index (Phi) is 5.89. The highest BCUT2D eigenvalue weighted by molar-refractivity contribution is 7.92. The third-order valence-electron chi connectivity index (χ3n) is 3.36. The Hall–Kier alpha value is -0.990. The van der Waals surface area contributed by atoms with Gasteiger partial charge in [-0.3, -0.25) is 4.79 Å². The maximum atomic E-state index is 12.1. The molecule has 1 amide bonds. The van der Waals surface area contributed by atoms with Gasteiger partial charge in [0.2, 0.25) is 5.91 Å². The van der Waals surface area contributed by atoms with Crippen molar-refractivity contribution in [1.82, 2.24) is 10.3 Å². The maximum absolute atomic E-state index is 12.1. The number of carbonyl (C=O) groups is 1. The van der Waals surface area contributed by atoms with Crippen LogP contribution in [-0.2, 0) is 14.6 Å². The van der Waals surface area contributed by atoms with E-state index in [1.807, 2.05) is 12.3 Å². The molecule has 6 nitrogen and oxygen atoms in total. The first kappa shape index (κ1) is 18.1. The van der Waals surface area contributed by atoms with Gasteiger partial charge in [-0.05, 0) is 33.7 Å². The molecule has 0 saturated heterocycles. The fraction of sp³-hybridized carbons (Fsp3) is 0.692. The number of nitrogens with zero attached hydrogens (tertiary/aromatic N) is 1. The van der Waals surface area contributed by atoms with E-state index in [-0.39, 0.29) is 6.04 Å². The van der Waals surface area contributed by atoms with Gasteiger partial charge in [0.25, 0.3) is 0 Å². The van der Waals surface area contributed by atoms with Crippen LogP contribution in [0, 0.1) is 0 Å². The van der Waals surface area contributed by atoms with Crippen LogP contribution in [0.15, 0.2) is 5.38 Å². The molecule has 1 aromatic heterocycles. The monoisotopic (exact) mass is 333 g/mol. The van der Waals surface area contributed by atoms with Crippen LogP contribution in [0.2, 0.25) is 0 Å². The third-order valence-corrected chi connectivity index (χ3v) is 6.18. The number of hydrogen-bond donors (Lipinski definition) is 2. The molecule has 0 radical (unpaired) electrons. The third kappa shape index (κ3) is 4.49. The minimum Gasteiger partial charge on any atom is -0.309 e. The highest BCUT2D eigenvalue weighted by atomic mass is 32.2. The summed E-state index contributed by atoms with van der Waals surface area (Å²) in [7, 11) is -3.49. The average Bonchev–Trinajstić information content (AvgIpc) is 2.83. The second-order valence-corrected chi connectivity index (χ2v) is 8.91. The molecule has 21 heavy (non-hydrogen) atoms. The Morgan fingerprint density at radius 1 is 1.48 bits per heavy atom. The average molecular weight is 333 g/mol. The summed E-state index contributed by atoms with van der Waals surface area (Å²) in [6.45, 7) is 7.74. The molecule has 8 heteroatoms. The van der Waals surface area contributed by atoms with Crippen LogP contribution in [0.3, 0.4) is 0 Å². The number of hydrogen-bond acceptors (Lipinski definition) is 6. The smallest absolute Gasteiger partial charge is 0.247 e. The molecule has 2 N–H and O–H groups in total. The molecule has 120 valence electrons.